The molecule has 0 atom stereocenters. The lowest BCUT2D eigenvalue weighted by atomic mass is 10.1. The summed E-state index contributed by atoms with van der Waals surface area (Å²) < 4.78 is 26.0. The fourth-order valence-electron chi connectivity index (χ4n) is 2.09. The van der Waals surface area contributed by atoms with Crippen LogP contribution in [-0.2, 0) is 14.8 Å². The van der Waals surface area contributed by atoms with Crippen molar-refractivity contribution >= 4 is 33.3 Å². The monoisotopic (exact) mass is 304 g/mol. The van der Waals surface area contributed by atoms with Gasteiger partial charge in [0.2, 0.25) is 10.0 Å². The van der Waals surface area contributed by atoms with Crippen molar-refractivity contribution in [1.29, 1.82) is 0 Å². The summed E-state index contributed by atoms with van der Waals surface area (Å²) in [4.78, 5) is 19.0. The number of benzene rings is 1. The molecular formula is C13H12N4O3S. The minimum Gasteiger partial charge on any atom is -0.345 e. The molecule has 21 heavy (non-hydrogen) atoms. The molecule has 0 radical (unpaired) electrons. The zero-order valence-corrected chi connectivity index (χ0v) is 11.9. The maximum absolute atomic E-state index is 12.0. The first kappa shape index (κ1) is 13.5. The second-order valence-electron chi connectivity index (χ2n) is 4.40. The van der Waals surface area contributed by atoms with Gasteiger partial charge in [-0.15, -0.1) is 0 Å². The van der Waals surface area contributed by atoms with Crippen molar-refractivity contribution in [3.63, 3.8) is 0 Å². The van der Waals surface area contributed by atoms with E-state index >= 15 is 0 Å². The van der Waals surface area contributed by atoms with Crippen LogP contribution in [0.4, 0.5) is 5.69 Å². The van der Waals surface area contributed by atoms with Gasteiger partial charge in [0.15, 0.2) is 0 Å². The maximum Gasteiger partial charge on any atom is 0.256 e. The summed E-state index contributed by atoms with van der Waals surface area (Å²) in [6.45, 7) is 0. The van der Waals surface area contributed by atoms with E-state index in [2.05, 4.69) is 20.0 Å². The quantitative estimate of drug-likeness (QED) is 0.730. The summed E-state index contributed by atoms with van der Waals surface area (Å²) in [6, 6.07) is 4.48. The molecule has 0 bridgehead atoms. The van der Waals surface area contributed by atoms with Crippen LogP contribution in [0.3, 0.4) is 0 Å². The number of aromatic nitrogens is 2. The van der Waals surface area contributed by atoms with Crippen molar-refractivity contribution in [2.45, 2.75) is 4.90 Å². The van der Waals surface area contributed by atoms with Crippen molar-refractivity contribution in [2.75, 3.05) is 12.4 Å². The SMILES string of the molecule is CNS(=O)(=O)c1ccc2c(c1)C(=Cc1ncc[nH]1)C(=O)N2. The summed E-state index contributed by atoms with van der Waals surface area (Å²) in [7, 11) is -2.22. The fourth-order valence-corrected chi connectivity index (χ4v) is 2.84. The van der Waals surface area contributed by atoms with Crippen LogP contribution in [0.2, 0.25) is 0 Å². The van der Waals surface area contributed by atoms with E-state index in [-0.39, 0.29) is 10.8 Å². The molecule has 3 rings (SSSR count). The predicted octanol–water partition coefficient (Wildman–Crippen LogP) is 0.810. The molecule has 8 heteroatoms. The number of amides is 1. The Morgan fingerprint density at radius 2 is 2.14 bits per heavy atom. The van der Waals surface area contributed by atoms with Crippen molar-refractivity contribution in [3.05, 3.63) is 42.0 Å². The highest BCUT2D eigenvalue weighted by Gasteiger charge is 2.26. The summed E-state index contributed by atoms with van der Waals surface area (Å²) in [6.07, 6.45) is 4.79. The van der Waals surface area contributed by atoms with E-state index in [1.165, 1.54) is 19.2 Å². The largest absolute Gasteiger partial charge is 0.345 e. The number of fused-ring (bicyclic) bond motifs is 1. The standard InChI is InChI=1S/C13H12N4O3S/c1-14-21(19,20)8-2-3-11-9(6-8)10(13(18)17-11)7-12-15-4-5-16-12/h2-7,14H,1H3,(H,15,16)(H,17,18). The number of nitrogens with one attached hydrogen (secondary N) is 3. The molecule has 2 heterocycles. The molecule has 1 aliphatic rings. The Balaban J connectivity index is 2.13. The molecule has 1 aromatic heterocycles. The minimum absolute atomic E-state index is 0.102. The van der Waals surface area contributed by atoms with Crippen LogP contribution in [0.25, 0.3) is 11.6 Å². The van der Waals surface area contributed by atoms with Crippen LogP contribution in [0, 0.1) is 0 Å². The number of anilines is 1. The van der Waals surface area contributed by atoms with Crippen molar-refractivity contribution in [2.24, 2.45) is 0 Å². The third-order valence-corrected chi connectivity index (χ3v) is 4.57. The van der Waals surface area contributed by atoms with Crippen LogP contribution >= 0.6 is 0 Å². The van der Waals surface area contributed by atoms with Crippen LogP contribution in [0.5, 0.6) is 0 Å². The Kier molecular flexibility index (Phi) is 3.11. The van der Waals surface area contributed by atoms with Gasteiger partial charge in [0, 0.05) is 23.6 Å². The lowest BCUT2D eigenvalue weighted by Crippen LogP contribution is -2.18. The molecule has 1 aliphatic heterocycles. The van der Waals surface area contributed by atoms with Gasteiger partial charge in [-0.3, -0.25) is 4.79 Å². The Morgan fingerprint density at radius 3 is 2.81 bits per heavy atom. The van der Waals surface area contributed by atoms with Crippen LogP contribution < -0.4 is 10.0 Å². The first-order valence-corrected chi connectivity index (χ1v) is 7.60. The summed E-state index contributed by atoms with van der Waals surface area (Å²) >= 11 is 0. The smallest absolute Gasteiger partial charge is 0.256 e. The van der Waals surface area contributed by atoms with E-state index in [1.807, 2.05) is 0 Å². The molecule has 0 saturated carbocycles. The van der Waals surface area contributed by atoms with Crippen LogP contribution in [0.15, 0.2) is 35.5 Å². The molecule has 0 aliphatic carbocycles. The number of imidazole rings is 1. The van der Waals surface area contributed by atoms with E-state index in [9.17, 15) is 13.2 Å². The molecule has 0 saturated heterocycles. The third kappa shape index (κ3) is 2.34. The van der Waals surface area contributed by atoms with Gasteiger partial charge >= 0.3 is 0 Å². The summed E-state index contributed by atoms with van der Waals surface area (Å²) in [5.74, 6) is 0.232. The Bertz CT molecular complexity index is 838. The second-order valence-corrected chi connectivity index (χ2v) is 6.29. The number of carbonyl (C=O) groups is 1. The molecule has 2 aromatic rings. The molecule has 7 nitrogen and oxygen atoms in total. The fraction of sp³-hybridized carbons (Fsp3) is 0.0769. The van der Waals surface area contributed by atoms with Gasteiger partial charge in [0.05, 0.1) is 10.5 Å². The normalized spacial score (nSPS) is 16.0. The molecular weight excluding hydrogens is 292 g/mol. The number of aromatic amines is 1. The van der Waals surface area contributed by atoms with Crippen LogP contribution in [0.1, 0.15) is 11.4 Å². The highest BCUT2D eigenvalue weighted by atomic mass is 32.2. The second kappa shape index (κ2) is 4.83. The Morgan fingerprint density at radius 1 is 1.33 bits per heavy atom. The minimum atomic E-state index is -3.56. The number of nitrogens with zero attached hydrogens (tertiary/aromatic N) is 1. The summed E-state index contributed by atoms with van der Waals surface area (Å²) in [5.41, 5.74) is 1.48. The predicted molar refractivity (Wildman–Crippen MR) is 77.8 cm³/mol. The highest BCUT2D eigenvalue weighted by Crippen LogP contribution is 2.34. The first-order chi connectivity index (χ1) is 10.0. The van der Waals surface area contributed by atoms with Crippen LogP contribution in [-0.4, -0.2) is 31.3 Å². The lowest BCUT2D eigenvalue weighted by Gasteiger charge is -2.04. The number of sulfonamides is 1. The van der Waals surface area contributed by atoms with Gasteiger partial charge in [-0.1, -0.05) is 0 Å². The molecule has 0 spiro atoms. The number of H-pyrrole nitrogens is 1. The number of carbonyl (C=O) groups excluding carboxylic acids is 1. The first-order valence-electron chi connectivity index (χ1n) is 6.11. The zero-order chi connectivity index (χ0) is 15.0. The van der Waals surface area contributed by atoms with E-state index in [0.717, 1.165) is 0 Å². The van der Waals surface area contributed by atoms with E-state index in [4.69, 9.17) is 0 Å². The molecule has 3 N–H and O–H groups in total. The molecule has 0 unspecified atom stereocenters. The molecule has 1 amide bonds. The number of hydrogen-bond donors (Lipinski definition) is 3. The van der Waals surface area contributed by atoms with Gasteiger partial charge in [-0.25, -0.2) is 18.1 Å². The highest BCUT2D eigenvalue weighted by molar-refractivity contribution is 7.89. The lowest BCUT2D eigenvalue weighted by molar-refractivity contribution is -0.110. The van der Waals surface area contributed by atoms with Gasteiger partial charge in [-0.2, -0.15) is 0 Å². The zero-order valence-electron chi connectivity index (χ0n) is 11.0. The molecule has 1 aromatic carbocycles. The van der Waals surface area contributed by atoms with Crippen molar-refractivity contribution < 1.29 is 13.2 Å². The van der Waals surface area contributed by atoms with Gasteiger partial charge in [-0.05, 0) is 31.3 Å². The van der Waals surface area contributed by atoms with Gasteiger partial charge < -0.3 is 10.3 Å². The maximum atomic E-state index is 12.0. The van der Waals surface area contributed by atoms with E-state index < -0.39 is 10.0 Å². The Labute approximate surface area is 121 Å². The topological polar surface area (TPSA) is 104 Å². The molecule has 108 valence electrons. The third-order valence-electron chi connectivity index (χ3n) is 3.15. The number of hydrogen-bond acceptors (Lipinski definition) is 4. The van der Waals surface area contributed by atoms with E-state index in [0.29, 0.717) is 22.6 Å². The molecule has 0 fully saturated rings. The summed E-state index contributed by atoms with van der Waals surface area (Å²) in [5, 5.41) is 2.69. The number of rotatable bonds is 3. The van der Waals surface area contributed by atoms with Crippen molar-refractivity contribution in [3.8, 4) is 0 Å². The Hall–Kier alpha value is -2.45. The van der Waals surface area contributed by atoms with Crippen molar-refractivity contribution in [1.82, 2.24) is 14.7 Å². The van der Waals surface area contributed by atoms with Gasteiger partial charge in [0.1, 0.15) is 5.82 Å². The van der Waals surface area contributed by atoms with E-state index in [1.54, 1.807) is 24.5 Å². The van der Waals surface area contributed by atoms with Gasteiger partial charge in [0.25, 0.3) is 5.91 Å². The average Bonchev–Trinajstić information content (AvgIpc) is 3.08. The average molecular weight is 304 g/mol.